The number of aromatic nitrogens is 3. The Morgan fingerprint density at radius 2 is 1.76 bits per heavy atom. The Morgan fingerprint density at radius 3 is 2.34 bits per heavy atom. The van der Waals surface area contributed by atoms with Crippen molar-refractivity contribution in [3.63, 3.8) is 0 Å². The Balaban J connectivity index is 1.86. The molecule has 0 aliphatic heterocycles. The number of nitrogens with zero attached hydrogens (tertiary/aromatic N) is 4. The molecule has 29 heavy (non-hydrogen) atoms. The van der Waals surface area contributed by atoms with Crippen LogP contribution < -0.4 is 5.69 Å². The molecular formula is C22H22N4O3. The Kier molecular flexibility index (Phi) is 5.93. The summed E-state index contributed by atoms with van der Waals surface area (Å²) in [7, 11) is 0. The molecule has 0 aliphatic carbocycles. The maximum Gasteiger partial charge on any atom is 0.355 e. The lowest BCUT2D eigenvalue weighted by molar-refractivity contribution is -0.147. The fourth-order valence-electron chi connectivity index (χ4n) is 3.11. The van der Waals surface area contributed by atoms with Crippen LogP contribution >= 0.6 is 0 Å². The van der Waals surface area contributed by atoms with Crippen LogP contribution in [0.5, 0.6) is 0 Å². The molecule has 0 fully saturated rings. The van der Waals surface area contributed by atoms with E-state index in [-0.39, 0.29) is 17.6 Å². The van der Waals surface area contributed by atoms with Crippen LogP contribution in [0.2, 0.25) is 0 Å². The van der Waals surface area contributed by atoms with Crippen LogP contribution in [0.4, 0.5) is 0 Å². The highest BCUT2D eigenvalue weighted by atomic mass is 16.5. The number of carbonyl (C=O) groups excluding carboxylic acids is 1. The van der Waals surface area contributed by atoms with E-state index in [1.54, 1.807) is 38.1 Å². The van der Waals surface area contributed by atoms with Crippen LogP contribution in [-0.4, -0.2) is 26.9 Å². The number of ether oxygens (including phenoxy) is 1. The zero-order chi connectivity index (χ0) is 21.0. The smallest absolute Gasteiger partial charge is 0.355 e. The van der Waals surface area contributed by atoms with E-state index in [4.69, 9.17) is 10.00 Å². The molecule has 1 atom stereocenters. The van der Waals surface area contributed by atoms with E-state index in [1.165, 1.54) is 9.25 Å². The summed E-state index contributed by atoms with van der Waals surface area (Å²) in [4.78, 5) is 24.7. The van der Waals surface area contributed by atoms with Crippen LogP contribution in [0.3, 0.4) is 0 Å². The standard InChI is InChI=1S/C22H22N4O3/c1-4-29-21(27)15(2)13-17-5-9-19(10-6-17)25-16(3)24-26(22(25)28)20-11-7-18(14-23)8-12-20/h5-12,15H,4,13H2,1-3H3. The number of nitriles is 1. The Hall–Kier alpha value is -3.66. The molecule has 0 bridgehead atoms. The molecule has 0 radical (unpaired) electrons. The van der Waals surface area contributed by atoms with Crippen molar-refractivity contribution >= 4 is 5.97 Å². The number of rotatable bonds is 6. The van der Waals surface area contributed by atoms with Gasteiger partial charge < -0.3 is 4.74 Å². The molecule has 0 N–H and O–H groups in total. The highest BCUT2D eigenvalue weighted by molar-refractivity contribution is 5.72. The quantitative estimate of drug-likeness (QED) is 0.604. The summed E-state index contributed by atoms with van der Waals surface area (Å²) >= 11 is 0. The minimum atomic E-state index is -0.292. The molecule has 148 valence electrons. The normalized spacial score (nSPS) is 11.7. The minimum absolute atomic E-state index is 0.215. The van der Waals surface area contributed by atoms with Crippen LogP contribution in [0.15, 0.2) is 53.3 Å². The zero-order valence-corrected chi connectivity index (χ0v) is 16.6. The van der Waals surface area contributed by atoms with E-state index < -0.39 is 0 Å². The summed E-state index contributed by atoms with van der Waals surface area (Å²) in [6.45, 7) is 5.76. The molecule has 3 aromatic rings. The van der Waals surface area contributed by atoms with Gasteiger partial charge in [-0.05, 0) is 62.2 Å². The van der Waals surface area contributed by atoms with Crippen molar-refractivity contribution in [2.24, 2.45) is 5.92 Å². The summed E-state index contributed by atoms with van der Waals surface area (Å²) in [6.07, 6.45) is 0.567. The molecule has 0 amide bonds. The van der Waals surface area contributed by atoms with Gasteiger partial charge in [-0.15, -0.1) is 5.10 Å². The summed E-state index contributed by atoms with van der Waals surface area (Å²) < 4.78 is 7.88. The lowest BCUT2D eigenvalue weighted by Gasteiger charge is -2.11. The van der Waals surface area contributed by atoms with E-state index in [0.717, 1.165) is 5.56 Å². The van der Waals surface area contributed by atoms with Gasteiger partial charge in [0, 0.05) is 0 Å². The molecule has 1 unspecified atom stereocenters. The highest BCUT2D eigenvalue weighted by Gasteiger charge is 2.16. The maximum atomic E-state index is 12.9. The zero-order valence-electron chi connectivity index (χ0n) is 16.6. The average molecular weight is 390 g/mol. The predicted molar refractivity (Wildman–Crippen MR) is 108 cm³/mol. The molecule has 0 aliphatic rings. The summed E-state index contributed by atoms with van der Waals surface area (Å²) in [5, 5.41) is 13.3. The minimum Gasteiger partial charge on any atom is -0.466 e. The van der Waals surface area contributed by atoms with E-state index >= 15 is 0 Å². The first kappa shape index (κ1) is 20.1. The number of carbonyl (C=O) groups is 1. The lowest BCUT2D eigenvalue weighted by atomic mass is 10.0. The molecule has 7 nitrogen and oxygen atoms in total. The first-order valence-corrected chi connectivity index (χ1v) is 9.39. The highest BCUT2D eigenvalue weighted by Crippen LogP contribution is 2.15. The fraction of sp³-hybridized carbons (Fsp3) is 0.273. The Labute approximate surface area is 168 Å². The van der Waals surface area contributed by atoms with Gasteiger partial charge in [-0.2, -0.15) is 9.94 Å². The van der Waals surface area contributed by atoms with Crippen molar-refractivity contribution in [3.05, 3.63) is 76.0 Å². The molecular weight excluding hydrogens is 368 g/mol. The van der Waals surface area contributed by atoms with Crippen molar-refractivity contribution in [1.82, 2.24) is 14.3 Å². The SMILES string of the molecule is CCOC(=O)C(C)Cc1ccc(-n2c(C)nn(-c3ccc(C#N)cc3)c2=O)cc1. The molecule has 0 saturated carbocycles. The van der Waals surface area contributed by atoms with Gasteiger partial charge in [-0.1, -0.05) is 19.1 Å². The molecule has 2 aromatic carbocycles. The average Bonchev–Trinajstić information content (AvgIpc) is 3.03. The molecule has 7 heteroatoms. The molecule has 0 spiro atoms. The first-order valence-electron chi connectivity index (χ1n) is 9.39. The Morgan fingerprint density at radius 1 is 1.14 bits per heavy atom. The second-order valence-corrected chi connectivity index (χ2v) is 6.76. The fourth-order valence-corrected chi connectivity index (χ4v) is 3.11. The van der Waals surface area contributed by atoms with Crippen LogP contribution in [0.25, 0.3) is 11.4 Å². The van der Waals surface area contributed by atoms with Crippen molar-refractivity contribution in [3.8, 4) is 17.4 Å². The van der Waals surface area contributed by atoms with Gasteiger partial charge >= 0.3 is 11.7 Å². The molecule has 0 saturated heterocycles. The van der Waals surface area contributed by atoms with Gasteiger partial charge in [0.2, 0.25) is 0 Å². The number of esters is 1. The molecule has 1 aromatic heterocycles. The van der Waals surface area contributed by atoms with Gasteiger partial charge in [-0.3, -0.25) is 4.79 Å². The largest absolute Gasteiger partial charge is 0.466 e. The van der Waals surface area contributed by atoms with Crippen molar-refractivity contribution in [1.29, 1.82) is 5.26 Å². The van der Waals surface area contributed by atoms with Gasteiger partial charge in [0.05, 0.1) is 35.5 Å². The van der Waals surface area contributed by atoms with Gasteiger partial charge in [0.15, 0.2) is 0 Å². The van der Waals surface area contributed by atoms with Gasteiger partial charge in [-0.25, -0.2) is 9.36 Å². The predicted octanol–water partition coefficient (Wildman–Crippen LogP) is 2.95. The lowest BCUT2D eigenvalue weighted by Crippen LogP contribution is -2.23. The summed E-state index contributed by atoms with van der Waals surface area (Å²) in [6, 6.07) is 16.2. The van der Waals surface area contributed by atoms with Crippen molar-refractivity contribution < 1.29 is 9.53 Å². The van der Waals surface area contributed by atoms with Crippen molar-refractivity contribution in [2.75, 3.05) is 6.61 Å². The van der Waals surface area contributed by atoms with E-state index in [1.807, 2.05) is 31.2 Å². The number of hydrogen-bond donors (Lipinski definition) is 0. The van der Waals surface area contributed by atoms with Gasteiger partial charge in [0.25, 0.3) is 0 Å². The third kappa shape index (κ3) is 4.27. The van der Waals surface area contributed by atoms with E-state index in [2.05, 4.69) is 11.2 Å². The second-order valence-electron chi connectivity index (χ2n) is 6.76. The topological polar surface area (TPSA) is 89.9 Å². The second kappa shape index (κ2) is 8.57. The molecule has 1 heterocycles. The monoisotopic (exact) mass is 390 g/mol. The maximum absolute atomic E-state index is 12.9. The number of hydrogen-bond acceptors (Lipinski definition) is 5. The third-order valence-electron chi connectivity index (χ3n) is 4.61. The summed E-state index contributed by atoms with van der Waals surface area (Å²) in [5.74, 6) is 0.101. The van der Waals surface area contributed by atoms with Crippen molar-refractivity contribution in [2.45, 2.75) is 27.2 Å². The number of aryl methyl sites for hydroxylation is 1. The third-order valence-corrected chi connectivity index (χ3v) is 4.61. The summed E-state index contributed by atoms with van der Waals surface area (Å²) in [5.41, 5.74) is 2.50. The van der Waals surface area contributed by atoms with Crippen LogP contribution in [0.1, 0.15) is 30.8 Å². The van der Waals surface area contributed by atoms with E-state index in [9.17, 15) is 9.59 Å². The van der Waals surface area contributed by atoms with Crippen LogP contribution in [-0.2, 0) is 16.0 Å². The van der Waals surface area contributed by atoms with Gasteiger partial charge in [0.1, 0.15) is 5.82 Å². The van der Waals surface area contributed by atoms with Crippen LogP contribution in [0, 0.1) is 24.2 Å². The number of benzene rings is 2. The Bertz CT molecular complexity index is 1100. The van der Waals surface area contributed by atoms with E-state index in [0.29, 0.717) is 35.8 Å². The first-order chi connectivity index (χ1) is 13.9. The molecule has 3 rings (SSSR count).